The van der Waals surface area contributed by atoms with Crippen LogP contribution < -0.4 is 21.1 Å². The predicted molar refractivity (Wildman–Crippen MR) is 103 cm³/mol. The molecular formula is C20H23FN4O3. The molecule has 0 bridgehead atoms. The first-order chi connectivity index (χ1) is 13.5. The fourth-order valence-corrected chi connectivity index (χ4v) is 3.16. The van der Waals surface area contributed by atoms with Gasteiger partial charge in [0.05, 0.1) is 0 Å². The van der Waals surface area contributed by atoms with E-state index < -0.39 is 11.7 Å². The lowest BCUT2D eigenvalue weighted by molar-refractivity contribution is -0.127. The number of nitrogens with zero attached hydrogens (tertiary/aromatic N) is 1. The van der Waals surface area contributed by atoms with Gasteiger partial charge in [-0.2, -0.15) is 0 Å². The first-order valence-electron chi connectivity index (χ1n) is 9.28. The van der Waals surface area contributed by atoms with Crippen LogP contribution in [0.5, 0.6) is 11.5 Å². The number of nitrogens with one attached hydrogen (secondary N) is 2. The normalized spacial score (nSPS) is 14.3. The monoisotopic (exact) mass is 386 g/mol. The molecule has 148 valence electrons. The lowest BCUT2D eigenvalue weighted by Gasteiger charge is -2.22. The van der Waals surface area contributed by atoms with E-state index in [1.165, 1.54) is 30.8 Å². The zero-order valence-electron chi connectivity index (χ0n) is 15.4. The van der Waals surface area contributed by atoms with Crippen LogP contribution in [0.4, 0.5) is 15.9 Å². The largest absolute Gasteiger partial charge is 0.454 e. The fourth-order valence-electron chi connectivity index (χ4n) is 3.16. The van der Waals surface area contributed by atoms with Gasteiger partial charge in [0.1, 0.15) is 18.0 Å². The number of carbonyl (C=O) groups is 2. The highest BCUT2D eigenvalue weighted by molar-refractivity contribution is 6.03. The van der Waals surface area contributed by atoms with Crippen LogP contribution in [0, 0.1) is 5.82 Å². The van der Waals surface area contributed by atoms with Crippen molar-refractivity contribution < 1.29 is 18.7 Å². The van der Waals surface area contributed by atoms with Gasteiger partial charge < -0.3 is 21.1 Å². The molecule has 2 amide bonds. The Balaban J connectivity index is 1.53. The van der Waals surface area contributed by atoms with Crippen molar-refractivity contribution in [2.45, 2.75) is 44.6 Å². The van der Waals surface area contributed by atoms with Crippen LogP contribution in [-0.4, -0.2) is 22.8 Å². The van der Waals surface area contributed by atoms with E-state index >= 15 is 0 Å². The lowest BCUT2D eigenvalue weighted by Crippen LogP contribution is -2.37. The molecule has 2 aromatic rings. The molecule has 1 aromatic carbocycles. The Bertz CT molecular complexity index is 853. The first kappa shape index (κ1) is 19.6. The summed E-state index contributed by atoms with van der Waals surface area (Å²) >= 11 is 0. The van der Waals surface area contributed by atoms with Crippen molar-refractivity contribution in [3.05, 3.63) is 42.3 Å². The summed E-state index contributed by atoms with van der Waals surface area (Å²) < 4.78 is 19.7. The van der Waals surface area contributed by atoms with Gasteiger partial charge in [-0.3, -0.25) is 9.59 Å². The lowest BCUT2D eigenvalue weighted by atomic mass is 9.95. The van der Waals surface area contributed by atoms with Crippen LogP contribution in [-0.2, 0) is 9.59 Å². The van der Waals surface area contributed by atoms with Crippen LogP contribution in [0.25, 0.3) is 0 Å². The molecule has 0 aliphatic heterocycles. The van der Waals surface area contributed by atoms with Crippen molar-refractivity contribution in [2.75, 3.05) is 11.1 Å². The van der Waals surface area contributed by atoms with Gasteiger partial charge in [-0.25, -0.2) is 9.37 Å². The summed E-state index contributed by atoms with van der Waals surface area (Å²) in [6, 6.07) is 7.20. The van der Waals surface area contributed by atoms with Crippen molar-refractivity contribution in [1.82, 2.24) is 10.3 Å². The van der Waals surface area contributed by atoms with Crippen LogP contribution in [0.2, 0.25) is 0 Å². The maximum absolute atomic E-state index is 14.3. The topological polar surface area (TPSA) is 106 Å². The molecule has 8 heteroatoms. The first-order valence-corrected chi connectivity index (χ1v) is 9.28. The van der Waals surface area contributed by atoms with E-state index in [-0.39, 0.29) is 35.6 Å². The van der Waals surface area contributed by atoms with E-state index in [4.69, 9.17) is 10.5 Å². The minimum atomic E-state index is -0.653. The highest BCUT2D eigenvalue weighted by Gasteiger charge is 2.18. The fraction of sp³-hybridized carbons (Fsp3) is 0.350. The molecule has 0 radical (unpaired) electrons. The highest BCUT2D eigenvalue weighted by atomic mass is 19.1. The second-order valence-electron chi connectivity index (χ2n) is 6.79. The molecule has 28 heavy (non-hydrogen) atoms. The second kappa shape index (κ2) is 9.16. The van der Waals surface area contributed by atoms with E-state index in [0.717, 1.165) is 31.7 Å². The van der Waals surface area contributed by atoms with Gasteiger partial charge in [0.15, 0.2) is 11.6 Å². The van der Waals surface area contributed by atoms with E-state index in [9.17, 15) is 14.0 Å². The zero-order chi connectivity index (χ0) is 19.9. The van der Waals surface area contributed by atoms with Gasteiger partial charge in [0.2, 0.25) is 11.8 Å². The number of halogens is 1. The third-order valence-corrected chi connectivity index (χ3v) is 4.49. The third-order valence-electron chi connectivity index (χ3n) is 4.49. The standard InChI is InChI=1S/C20H23FN4O3/c21-16-10-14(6-7-17(16)28-15-8-9-23-18(22)11-15)25-20(27)12-19(26)24-13-4-2-1-3-5-13/h6-11,13H,1-5,12H2,(H2,22,23)(H,24,26)(H,25,27). The van der Waals surface area contributed by atoms with Gasteiger partial charge in [-0.05, 0) is 31.0 Å². The number of hydrogen-bond acceptors (Lipinski definition) is 5. The van der Waals surface area contributed by atoms with Gasteiger partial charge in [-0.15, -0.1) is 0 Å². The van der Waals surface area contributed by atoms with Crippen LogP contribution in [0.1, 0.15) is 38.5 Å². The van der Waals surface area contributed by atoms with Crippen molar-refractivity contribution in [2.24, 2.45) is 0 Å². The Morgan fingerprint density at radius 2 is 1.93 bits per heavy atom. The van der Waals surface area contributed by atoms with Crippen LogP contribution in [0.3, 0.4) is 0 Å². The Hall–Kier alpha value is -3.16. The number of nitrogen functional groups attached to an aromatic ring is 1. The highest BCUT2D eigenvalue weighted by Crippen LogP contribution is 2.27. The number of hydrogen-bond donors (Lipinski definition) is 3. The quantitative estimate of drug-likeness (QED) is 0.660. The second-order valence-corrected chi connectivity index (χ2v) is 6.79. The van der Waals surface area contributed by atoms with E-state index in [1.807, 2.05) is 0 Å². The molecular weight excluding hydrogens is 363 g/mol. The van der Waals surface area contributed by atoms with E-state index in [1.54, 1.807) is 6.07 Å². The third kappa shape index (κ3) is 5.67. The smallest absolute Gasteiger partial charge is 0.233 e. The Morgan fingerprint density at radius 3 is 2.64 bits per heavy atom. The number of carbonyl (C=O) groups excluding carboxylic acids is 2. The number of amides is 2. The number of aromatic nitrogens is 1. The van der Waals surface area contributed by atoms with Crippen LogP contribution >= 0.6 is 0 Å². The maximum atomic E-state index is 14.3. The average molecular weight is 386 g/mol. The minimum Gasteiger partial charge on any atom is -0.454 e. The Kier molecular flexibility index (Phi) is 6.41. The van der Waals surface area contributed by atoms with Gasteiger partial charge >= 0.3 is 0 Å². The zero-order valence-corrected chi connectivity index (χ0v) is 15.4. The van der Waals surface area contributed by atoms with Crippen molar-refractivity contribution in [1.29, 1.82) is 0 Å². The molecule has 4 N–H and O–H groups in total. The molecule has 0 atom stereocenters. The molecule has 1 aliphatic carbocycles. The summed E-state index contributed by atoms with van der Waals surface area (Å²) in [4.78, 5) is 27.9. The van der Waals surface area contributed by atoms with Crippen molar-refractivity contribution >= 4 is 23.3 Å². The number of benzene rings is 1. The summed E-state index contributed by atoms with van der Waals surface area (Å²) in [6.45, 7) is 0. The summed E-state index contributed by atoms with van der Waals surface area (Å²) in [5.74, 6) is -0.877. The maximum Gasteiger partial charge on any atom is 0.233 e. The van der Waals surface area contributed by atoms with E-state index in [2.05, 4.69) is 15.6 Å². The molecule has 1 aromatic heterocycles. The number of anilines is 2. The number of rotatable bonds is 6. The van der Waals surface area contributed by atoms with Crippen molar-refractivity contribution in [3.63, 3.8) is 0 Å². The summed E-state index contributed by atoms with van der Waals surface area (Å²) in [5.41, 5.74) is 5.81. The minimum absolute atomic E-state index is 0.0151. The molecule has 0 unspecified atom stereocenters. The summed E-state index contributed by atoms with van der Waals surface area (Å²) in [7, 11) is 0. The van der Waals surface area contributed by atoms with E-state index in [0.29, 0.717) is 5.75 Å². The van der Waals surface area contributed by atoms with Gasteiger partial charge in [-0.1, -0.05) is 19.3 Å². The molecule has 1 aliphatic rings. The summed E-state index contributed by atoms with van der Waals surface area (Å²) in [6.07, 6.45) is 6.43. The molecule has 1 heterocycles. The van der Waals surface area contributed by atoms with Crippen molar-refractivity contribution in [3.8, 4) is 11.5 Å². The molecule has 1 fully saturated rings. The van der Waals surface area contributed by atoms with Crippen LogP contribution in [0.15, 0.2) is 36.5 Å². The summed E-state index contributed by atoms with van der Waals surface area (Å²) in [5, 5.41) is 5.40. The molecule has 0 spiro atoms. The Labute approximate surface area is 162 Å². The number of pyridine rings is 1. The molecule has 0 saturated heterocycles. The van der Waals surface area contributed by atoms with Gasteiger partial charge in [0.25, 0.3) is 0 Å². The molecule has 7 nitrogen and oxygen atoms in total. The Morgan fingerprint density at radius 1 is 1.14 bits per heavy atom. The number of ether oxygens (including phenoxy) is 1. The molecule has 1 saturated carbocycles. The average Bonchev–Trinajstić information content (AvgIpc) is 2.64. The van der Waals surface area contributed by atoms with Gasteiger partial charge in [0, 0.05) is 30.1 Å². The number of nitrogens with two attached hydrogens (primary N) is 1. The SMILES string of the molecule is Nc1cc(Oc2ccc(NC(=O)CC(=O)NC3CCCCC3)cc2F)ccn1. The predicted octanol–water partition coefficient (Wildman–Crippen LogP) is 3.37. The molecule has 3 rings (SSSR count).